The van der Waals surface area contributed by atoms with Crippen LogP contribution in [0.1, 0.15) is 16.7 Å². The summed E-state index contributed by atoms with van der Waals surface area (Å²) in [6, 6.07) is 14.7. The van der Waals surface area contributed by atoms with Crippen LogP contribution >= 0.6 is 11.6 Å². The molecule has 0 bridgehead atoms. The lowest BCUT2D eigenvalue weighted by Crippen LogP contribution is -2.45. The highest BCUT2D eigenvalue weighted by molar-refractivity contribution is 7.89. The minimum Gasteiger partial charge on any atom is -0.495 e. The van der Waals surface area contributed by atoms with Crippen LogP contribution in [-0.2, 0) is 27.4 Å². The molecular weight excluding hydrogens is 505 g/mol. The van der Waals surface area contributed by atoms with Crippen LogP contribution in [0.2, 0.25) is 5.02 Å². The van der Waals surface area contributed by atoms with Gasteiger partial charge in [0.1, 0.15) is 16.7 Å². The number of alkyl halides is 3. The highest BCUT2D eigenvalue weighted by Gasteiger charge is 2.34. The second-order valence-electron chi connectivity index (χ2n) is 7.70. The van der Waals surface area contributed by atoms with E-state index in [9.17, 15) is 26.4 Å². The molecule has 0 aliphatic rings. The van der Waals surface area contributed by atoms with Crippen molar-refractivity contribution in [1.82, 2.24) is 4.72 Å². The minimum absolute atomic E-state index is 0.0558. The average Bonchev–Trinajstić information content (AvgIpc) is 2.79. The maximum absolute atomic E-state index is 13.2. The number of hydrogen-bond donors (Lipinski definition) is 2. The Hall–Kier alpha value is -3.08. The van der Waals surface area contributed by atoms with E-state index in [1.165, 1.54) is 25.3 Å². The van der Waals surface area contributed by atoms with Crippen molar-refractivity contribution in [3.05, 3.63) is 88.4 Å². The molecule has 35 heavy (non-hydrogen) atoms. The molecule has 3 rings (SSSR count). The van der Waals surface area contributed by atoms with Crippen LogP contribution in [-0.4, -0.2) is 27.5 Å². The number of methoxy groups -OCH3 is 1. The van der Waals surface area contributed by atoms with Gasteiger partial charge in [0, 0.05) is 5.69 Å². The molecule has 0 saturated carbocycles. The standard InChI is InChI=1S/C24H22ClF3N2O4S/c1-15-8-11-21(34-2)22(12-15)35(32,33)30-20(13-16-6-4-3-5-7-16)23(31)29-17-9-10-19(25)18(14-17)24(26,27)28/h3-12,14,20,30H,13H2,1-2H3,(H,29,31)/t20-/m0/s1. The van der Waals surface area contributed by atoms with Crippen LogP contribution < -0.4 is 14.8 Å². The molecule has 1 atom stereocenters. The molecular formula is C24H22ClF3N2O4S. The summed E-state index contributed by atoms with van der Waals surface area (Å²) in [5.41, 5.74) is -0.0199. The quantitative estimate of drug-likeness (QED) is 0.422. The van der Waals surface area contributed by atoms with E-state index in [1.807, 2.05) is 0 Å². The fraction of sp³-hybridized carbons (Fsp3) is 0.208. The zero-order valence-electron chi connectivity index (χ0n) is 18.7. The van der Waals surface area contributed by atoms with Gasteiger partial charge < -0.3 is 10.1 Å². The van der Waals surface area contributed by atoms with Crippen molar-refractivity contribution in [3.63, 3.8) is 0 Å². The summed E-state index contributed by atoms with van der Waals surface area (Å²) in [7, 11) is -2.94. The van der Waals surface area contributed by atoms with Crippen molar-refractivity contribution in [2.75, 3.05) is 12.4 Å². The first-order valence-electron chi connectivity index (χ1n) is 10.3. The van der Waals surface area contributed by atoms with Crippen molar-refractivity contribution >= 4 is 33.2 Å². The number of aryl methyl sites for hydroxylation is 1. The Morgan fingerprint density at radius 3 is 2.37 bits per heavy atom. The molecule has 1 amide bonds. The maximum atomic E-state index is 13.2. The van der Waals surface area contributed by atoms with Crippen LogP contribution in [0.15, 0.2) is 71.6 Å². The summed E-state index contributed by atoms with van der Waals surface area (Å²) in [6.45, 7) is 1.70. The van der Waals surface area contributed by atoms with E-state index < -0.39 is 38.7 Å². The predicted octanol–water partition coefficient (Wildman–Crippen LogP) is 5.20. The smallest absolute Gasteiger partial charge is 0.417 e. The number of carbonyl (C=O) groups is 1. The fourth-order valence-electron chi connectivity index (χ4n) is 3.33. The number of hydrogen-bond acceptors (Lipinski definition) is 4. The first kappa shape index (κ1) is 26.5. The number of rotatable bonds is 8. The summed E-state index contributed by atoms with van der Waals surface area (Å²) >= 11 is 5.65. The molecule has 0 aromatic heterocycles. The molecule has 0 radical (unpaired) electrons. The van der Waals surface area contributed by atoms with Crippen molar-refractivity contribution in [1.29, 1.82) is 0 Å². The summed E-state index contributed by atoms with van der Waals surface area (Å²) in [4.78, 5) is 12.9. The van der Waals surface area contributed by atoms with E-state index in [-0.39, 0.29) is 22.8 Å². The monoisotopic (exact) mass is 526 g/mol. The van der Waals surface area contributed by atoms with Gasteiger partial charge in [0.25, 0.3) is 0 Å². The van der Waals surface area contributed by atoms with Gasteiger partial charge >= 0.3 is 6.18 Å². The van der Waals surface area contributed by atoms with E-state index in [4.69, 9.17) is 16.3 Å². The molecule has 0 saturated heterocycles. The molecule has 0 spiro atoms. The van der Waals surface area contributed by atoms with Gasteiger partial charge in [-0.2, -0.15) is 17.9 Å². The Morgan fingerprint density at radius 2 is 1.74 bits per heavy atom. The average molecular weight is 527 g/mol. The normalized spacial score (nSPS) is 12.7. The Kier molecular flexibility index (Phi) is 8.09. The molecule has 2 N–H and O–H groups in total. The van der Waals surface area contributed by atoms with E-state index in [2.05, 4.69) is 10.0 Å². The molecule has 0 heterocycles. The highest BCUT2D eigenvalue weighted by atomic mass is 35.5. The number of ether oxygens (including phenoxy) is 1. The second kappa shape index (κ2) is 10.7. The Labute approximate surface area is 206 Å². The molecule has 3 aromatic carbocycles. The van der Waals surface area contributed by atoms with Crippen LogP contribution in [0.4, 0.5) is 18.9 Å². The van der Waals surface area contributed by atoms with Crippen molar-refractivity contribution in [2.45, 2.75) is 30.5 Å². The summed E-state index contributed by atoms with van der Waals surface area (Å²) in [5, 5.41) is 1.84. The SMILES string of the molecule is COc1ccc(C)cc1S(=O)(=O)N[C@@H](Cc1ccccc1)C(=O)Nc1ccc(Cl)c(C(F)(F)F)c1. The molecule has 3 aromatic rings. The number of nitrogens with one attached hydrogen (secondary N) is 2. The number of amides is 1. The molecule has 186 valence electrons. The van der Waals surface area contributed by atoms with Gasteiger partial charge in [-0.05, 0) is 54.8 Å². The zero-order chi connectivity index (χ0) is 25.8. The Bertz CT molecular complexity index is 1320. The molecule has 11 heteroatoms. The highest BCUT2D eigenvalue weighted by Crippen LogP contribution is 2.36. The third kappa shape index (κ3) is 6.74. The molecule has 0 aliphatic heterocycles. The van der Waals surface area contributed by atoms with Gasteiger partial charge in [0.15, 0.2) is 0 Å². The summed E-state index contributed by atoms with van der Waals surface area (Å²) in [5.74, 6) is -0.769. The number of anilines is 1. The fourth-order valence-corrected chi connectivity index (χ4v) is 5.01. The maximum Gasteiger partial charge on any atom is 0.417 e. The predicted molar refractivity (Wildman–Crippen MR) is 127 cm³/mol. The topological polar surface area (TPSA) is 84.5 Å². The first-order chi connectivity index (χ1) is 16.4. The van der Waals surface area contributed by atoms with Crippen LogP contribution in [0.5, 0.6) is 5.75 Å². The lowest BCUT2D eigenvalue weighted by Gasteiger charge is -2.20. The van der Waals surface area contributed by atoms with Crippen molar-refractivity contribution in [2.24, 2.45) is 0 Å². The van der Waals surface area contributed by atoms with Gasteiger partial charge in [-0.15, -0.1) is 0 Å². The number of benzene rings is 3. The van der Waals surface area contributed by atoms with Crippen LogP contribution in [0.25, 0.3) is 0 Å². The Balaban J connectivity index is 1.95. The second-order valence-corrected chi connectivity index (χ2v) is 9.79. The third-order valence-corrected chi connectivity index (χ3v) is 6.87. The number of carbonyl (C=O) groups excluding carboxylic acids is 1. The van der Waals surface area contributed by atoms with Crippen LogP contribution in [0.3, 0.4) is 0 Å². The minimum atomic E-state index is -4.73. The van der Waals surface area contributed by atoms with Gasteiger partial charge in [-0.1, -0.05) is 48.0 Å². The molecule has 0 aliphatic carbocycles. The van der Waals surface area contributed by atoms with Gasteiger partial charge in [0.2, 0.25) is 15.9 Å². The van der Waals surface area contributed by atoms with Gasteiger partial charge in [-0.25, -0.2) is 8.42 Å². The largest absolute Gasteiger partial charge is 0.495 e. The number of sulfonamides is 1. The van der Waals surface area contributed by atoms with E-state index >= 15 is 0 Å². The zero-order valence-corrected chi connectivity index (χ0v) is 20.3. The summed E-state index contributed by atoms with van der Waals surface area (Å²) < 4.78 is 73.6. The van der Waals surface area contributed by atoms with E-state index in [1.54, 1.807) is 43.3 Å². The van der Waals surface area contributed by atoms with E-state index in [0.29, 0.717) is 17.2 Å². The lowest BCUT2D eigenvalue weighted by atomic mass is 10.1. The van der Waals surface area contributed by atoms with Crippen molar-refractivity contribution in [3.8, 4) is 5.75 Å². The first-order valence-corrected chi connectivity index (χ1v) is 12.2. The molecule has 6 nitrogen and oxygen atoms in total. The Morgan fingerprint density at radius 1 is 1.06 bits per heavy atom. The van der Waals surface area contributed by atoms with Gasteiger partial charge in [-0.3, -0.25) is 4.79 Å². The molecule has 0 unspecified atom stereocenters. The molecule has 0 fully saturated rings. The van der Waals surface area contributed by atoms with Crippen LogP contribution in [0, 0.1) is 6.92 Å². The van der Waals surface area contributed by atoms with E-state index in [0.717, 1.165) is 6.07 Å². The number of halogens is 4. The van der Waals surface area contributed by atoms with Gasteiger partial charge in [0.05, 0.1) is 17.7 Å². The lowest BCUT2D eigenvalue weighted by molar-refractivity contribution is -0.137. The summed E-state index contributed by atoms with van der Waals surface area (Å²) in [6.07, 6.45) is -4.79. The van der Waals surface area contributed by atoms with Crippen molar-refractivity contribution < 1.29 is 31.1 Å². The third-order valence-electron chi connectivity index (χ3n) is 5.04.